The fourth-order valence-corrected chi connectivity index (χ4v) is 2.25. The first-order chi connectivity index (χ1) is 8.75. The van der Waals surface area contributed by atoms with Gasteiger partial charge < -0.3 is 5.11 Å². The summed E-state index contributed by atoms with van der Waals surface area (Å²) in [7, 11) is 0. The SMILES string of the molecule is O=C(O)c1ccc(SCCc2ccncc2)nc1. The Labute approximate surface area is 109 Å². The largest absolute Gasteiger partial charge is 0.478 e. The standard InChI is InChI=1S/C13H12N2O2S/c16-13(17)11-1-2-12(15-9-11)18-8-5-10-3-6-14-7-4-10/h1-4,6-7,9H,5,8H2,(H,16,17). The second-order valence-corrected chi connectivity index (χ2v) is 4.76. The highest BCUT2D eigenvalue weighted by Crippen LogP contribution is 2.16. The number of aromatic carboxylic acids is 1. The van der Waals surface area contributed by atoms with Gasteiger partial charge in [0, 0.05) is 24.3 Å². The molecule has 0 radical (unpaired) electrons. The van der Waals surface area contributed by atoms with Gasteiger partial charge in [-0.1, -0.05) is 0 Å². The number of aromatic nitrogens is 2. The molecule has 0 fully saturated rings. The number of carboxylic acid groups (broad SMARTS) is 1. The molecule has 2 aromatic rings. The van der Waals surface area contributed by atoms with Gasteiger partial charge in [0.2, 0.25) is 0 Å². The molecule has 0 spiro atoms. The average molecular weight is 260 g/mol. The first kappa shape index (κ1) is 12.6. The lowest BCUT2D eigenvalue weighted by Gasteiger charge is -2.01. The van der Waals surface area contributed by atoms with Crippen LogP contribution in [-0.2, 0) is 6.42 Å². The van der Waals surface area contributed by atoms with E-state index >= 15 is 0 Å². The molecule has 0 unspecified atom stereocenters. The van der Waals surface area contributed by atoms with Gasteiger partial charge in [-0.15, -0.1) is 11.8 Å². The summed E-state index contributed by atoms with van der Waals surface area (Å²) in [5.41, 5.74) is 1.45. The van der Waals surface area contributed by atoms with Crippen LogP contribution < -0.4 is 0 Å². The van der Waals surface area contributed by atoms with E-state index in [2.05, 4.69) is 9.97 Å². The molecule has 0 atom stereocenters. The van der Waals surface area contributed by atoms with Crippen LogP contribution >= 0.6 is 11.8 Å². The summed E-state index contributed by atoms with van der Waals surface area (Å²) in [6, 6.07) is 7.29. The fraction of sp³-hybridized carbons (Fsp3) is 0.154. The van der Waals surface area contributed by atoms with Crippen molar-refractivity contribution in [3.8, 4) is 0 Å². The van der Waals surface area contributed by atoms with Gasteiger partial charge >= 0.3 is 5.97 Å². The third-order valence-corrected chi connectivity index (χ3v) is 3.32. The van der Waals surface area contributed by atoms with E-state index in [1.165, 1.54) is 11.8 Å². The van der Waals surface area contributed by atoms with Crippen molar-refractivity contribution in [2.45, 2.75) is 11.4 Å². The molecule has 2 rings (SSSR count). The predicted molar refractivity (Wildman–Crippen MR) is 69.9 cm³/mol. The van der Waals surface area contributed by atoms with Crippen LogP contribution in [0.1, 0.15) is 15.9 Å². The number of hydrogen-bond acceptors (Lipinski definition) is 4. The maximum absolute atomic E-state index is 10.7. The van der Waals surface area contributed by atoms with Crippen molar-refractivity contribution in [1.82, 2.24) is 9.97 Å². The van der Waals surface area contributed by atoms with Gasteiger partial charge in [-0.25, -0.2) is 9.78 Å². The third-order valence-electron chi connectivity index (χ3n) is 2.37. The molecule has 0 aliphatic heterocycles. The summed E-state index contributed by atoms with van der Waals surface area (Å²) in [6.45, 7) is 0. The van der Waals surface area contributed by atoms with Crippen molar-refractivity contribution in [2.24, 2.45) is 0 Å². The molecule has 2 heterocycles. The molecule has 18 heavy (non-hydrogen) atoms. The summed E-state index contributed by atoms with van der Waals surface area (Å²) >= 11 is 1.61. The molecule has 1 N–H and O–H groups in total. The van der Waals surface area contributed by atoms with Crippen LogP contribution in [0, 0.1) is 0 Å². The van der Waals surface area contributed by atoms with E-state index in [-0.39, 0.29) is 5.56 Å². The minimum absolute atomic E-state index is 0.216. The minimum atomic E-state index is -0.948. The van der Waals surface area contributed by atoms with Crippen LogP contribution in [0.15, 0.2) is 47.9 Å². The maximum Gasteiger partial charge on any atom is 0.337 e. The van der Waals surface area contributed by atoms with Crippen LogP contribution in [0.4, 0.5) is 0 Å². The van der Waals surface area contributed by atoms with Crippen molar-refractivity contribution < 1.29 is 9.90 Å². The normalized spacial score (nSPS) is 10.2. The Hall–Kier alpha value is -1.88. The number of hydrogen-bond donors (Lipinski definition) is 1. The summed E-state index contributed by atoms with van der Waals surface area (Å²) in [4.78, 5) is 18.7. The van der Waals surface area contributed by atoms with Crippen molar-refractivity contribution in [3.63, 3.8) is 0 Å². The summed E-state index contributed by atoms with van der Waals surface area (Å²) in [5, 5.41) is 9.59. The van der Waals surface area contributed by atoms with E-state index in [0.29, 0.717) is 0 Å². The zero-order chi connectivity index (χ0) is 12.8. The topological polar surface area (TPSA) is 63.1 Å². The smallest absolute Gasteiger partial charge is 0.337 e. The second kappa shape index (κ2) is 6.16. The molecule has 5 heteroatoms. The quantitative estimate of drug-likeness (QED) is 0.837. The molecule has 0 bridgehead atoms. The highest BCUT2D eigenvalue weighted by atomic mass is 32.2. The number of aryl methyl sites for hydroxylation is 1. The molecule has 0 saturated carbocycles. The van der Waals surface area contributed by atoms with Gasteiger partial charge in [-0.3, -0.25) is 4.98 Å². The lowest BCUT2D eigenvalue weighted by Crippen LogP contribution is -1.97. The van der Waals surface area contributed by atoms with Crippen LogP contribution in [0.25, 0.3) is 0 Å². The zero-order valence-corrected chi connectivity index (χ0v) is 10.4. The Morgan fingerprint density at radius 3 is 2.61 bits per heavy atom. The number of nitrogens with zero attached hydrogens (tertiary/aromatic N) is 2. The van der Waals surface area contributed by atoms with Crippen LogP contribution in [-0.4, -0.2) is 26.8 Å². The Morgan fingerprint density at radius 1 is 1.22 bits per heavy atom. The van der Waals surface area contributed by atoms with Crippen LogP contribution in [0.5, 0.6) is 0 Å². The van der Waals surface area contributed by atoms with E-state index in [1.54, 1.807) is 36.3 Å². The molecule has 0 aromatic carbocycles. The first-order valence-corrected chi connectivity index (χ1v) is 6.45. The predicted octanol–water partition coefficient (Wildman–Crippen LogP) is 2.51. The highest BCUT2D eigenvalue weighted by molar-refractivity contribution is 7.99. The van der Waals surface area contributed by atoms with E-state index in [1.807, 2.05) is 12.1 Å². The van der Waals surface area contributed by atoms with Gasteiger partial charge in [-0.05, 0) is 36.2 Å². The Morgan fingerprint density at radius 2 is 2.00 bits per heavy atom. The first-order valence-electron chi connectivity index (χ1n) is 5.47. The lowest BCUT2D eigenvalue weighted by atomic mass is 10.2. The van der Waals surface area contributed by atoms with E-state index in [9.17, 15) is 4.79 Å². The van der Waals surface area contributed by atoms with Crippen LogP contribution in [0.2, 0.25) is 0 Å². The number of carboxylic acids is 1. The van der Waals surface area contributed by atoms with E-state index < -0.39 is 5.97 Å². The number of rotatable bonds is 5. The third kappa shape index (κ3) is 3.56. The lowest BCUT2D eigenvalue weighted by molar-refractivity contribution is 0.0696. The molecule has 0 amide bonds. The highest BCUT2D eigenvalue weighted by Gasteiger charge is 2.03. The zero-order valence-electron chi connectivity index (χ0n) is 9.61. The molecular weight excluding hydrogens is 248 g/mol. The average Bonchev–Trinajstić information content (AvgIpc) is 2.40. The molecule has 0 saturated heterocycles. The summed E-state index contributed by atoms with van der Waals surface area (Å²) < 4.78 is 0. The van der Waals surface area contributed by atoms with Crippen molar-refractivity contribution in [2.75, 3.05) is 5.75 Å². The fourth-order valence-electron chi connectivity index (χ4n) is 1.42. The molecule has 2 aromatic heterocycles. The minimum Gasteiger partial charge on any atom is -0.478 e. The van der Waals surface area contributed by atoms with Gasteiger partial charge in [0.1, 0.15) is 0 Å². The second-order valence-electron chi connectivity index (χ2n) is 3.64. The van der Waals surface area contributed by atoms with Crippen molar-refractivity contribution in [3.05, 3.63) is 54.0 Å². The van der Waals surface area contributed by atoms with Gasteiger partial charge in [0.05, 0.1) is 10.6 Å². The Bertz CT molecular complexity index is 514. The van der Waals surface area contributed by atoms with Crippen LogP contribution in [0.3, 0.4) is 0 Å². The van der Waals surface area contributed by atoms with E-state index in [4.69, 9.17) is 5.11 Å². The number of carbonyl (C=O) groups is 1. The maximum atomic E-state index is 10.7. The van der Waals surface area contributed by atoms with Crippen molar-refractivity contribution in [1.29, 1.82) is 0 Å². The summed E-state index contributed by atoms with van der Waals surface area (Å²) in [6.07, 6.45) is 5.88. The molecular formula is C13H12N2O2S. The number of pyridine rings is 2. The monoisotopic (exact) mass is 260 g/mol. The van der Waals surface area contributed by atoms with E-state index in [0.717, 1.165) is 17.2 Å². The Kier molecular flexibility index (Phi) is 4.30. The van der Waals surface area contributed by atoms with Crippen molar-refractivity contribution >= 4 is 17.7 Å². The van der Waals surface area contributed by atoms with Gasteiger partial charge in [0.15, 0.2) is 0 Å². The van der Waals surface area contributed by atoms with Gasteiger partial charge in [-0.2, -0.15) is 0 Å². The molecule has 0 aliphatic rings. The molecule has 0 aliphatic carbocycles. The summed E-state index contributed by atoms with van der Waals surface area (Å²) in [5.74, 6) is -0.0421. The number of thioether (sulfide) groups is 1. The van der Waals surface area contributed by atoms with Gasteiger partial charge in [0.25, 0.3) is 0 Å². The molecule has 4 nitrogen and oxygen atoms in total. The molecule has 92 valence electrons. The Balaban J connectivity index is 1.85.